The Hall–Kier alpha value is -2.62. The lowest BCUT2D eigenvalue weighted by atomic mass is 10.1. The van der Waals surface area contributed by atoms with Gasteiger partial charge in [-0.2, -0.15) is 0 Å². The van der Waals surface area contributed by atoms with Gasteiger partial charge in [-0.05, 0) is 41.1 Å². The van der Waals surface area contributed by atoms with Crippen molar-refractivity contribution in [1.29, 1.82) is 5.41 Å². The predicted molar refractivity (Wildman–Crippen MR) is 73.8 cm³/mol. The molecule has 0 aliphatic heterocycles. The third-order valence-corrected chi connectivity index (χ3v) is 2.65. The van der Waals surface area contributed by atoms with Crippen LogP contribution < -0.4 is 4.74 Å². The molecule has 4 heteroatoms. The van der Waals surface area contributed by atoms with Gasteiger partial charge in [0.05, 0.1) is 12.7 Å². The maximum absolute atomic E-state index is 11.4. The molecular weight excluding hydrogens is 242 g/mol. The van der Waals surface area contributed by atoms with Gasteiger partial charge in [-0.3, -0.25) is 5.41 Å². The first-order valence-electron chi connectivity index (χ1n) is 5.65. The number of nitrogens with one attached hydrogen (secondary N) is 1. The number of esters is 1. The molecule has 2 aromatic rings. The zero-order chi connectivity index (χ0) is 13.8. The van der Waals surface area contributed by atoms with Gasteiger partial charge in [0.15, 0.2) is 0 Å². The van der Waals surface area contributed by atoms with E-state index in [-0.39, 0.29) is 11.9 Å². The van der Waals surface area contributed by atoms with Crippen molar-refractivity contribution in [3.8, 4) is 5.75 Å². The highest BCUT2D eigenvalue weighted by atomic mass is 16.5. The first kappa shape index (κ1) is 12.8. The second-order valence-electron chi connectivity index (χ2n) is 3.89. The maximum Gasteiger partial charge on any atom is 0.337 e. The largest absolute Gasteiger partial charge is 0.465 e. The van der Waals surface area contributed by atoms with Crippen molar-refractivity contribution in [2.75, 3.05) is 7.11 Å². The van der Waals surface area contributed by atoms with Crippen LogP contribution in [0.25, 0.3) is 10.8 Å². The number of carbonyl (C=O) groups is 1. The molecule has 0 saturated carbocycles. The van der Waals surface area contributed by atoms with E-state index < -0.39 is 0 Å². The first-order valence-corrected chi connectivity index (χ1v) is 5.65. The van der Waals surface area contributed by atoms with Crippen LogP contribution in [0, 0.1) is 5.41 Å². The van der Waals surface area contributed by atoms with Crippen LogP contribution in [0.15, 0.2) is 49.1 Å². The number of hydrogen-bond acceptors (Lipinski definition) is 4. The summed E-state index contributed by atoms with van der Waals surface area (Å²) in [6.45, 7) is 3.46. The third kappa shape index (κ3) is 2.80. The highest BCUT2D eigenvalue weighted by Crippen LogP contribution is 2.22. The number of benzene rings is 2. The van der Waals surface area contributed by atoms with E-state index in [0.29, 0.717) is 11.3 Å². The molecule has 0 aliphatic rings. The van der Waals surface area contributed by atoms with Crippen LogP contribution in [0.4, 0.5) is 0 Å². The summed E-state index contributed by atoms with van der Waals surface area (Å²) >= 11 is 0. The second kappa shape index (κ2) is 5.35. The van der Waals surface area contributed by atoms with Crippen LogP contribution in [-0.4, -0.2) is 19.0 Å². The Balaban J connectivity index is 2.37. The maximum atomic E-state index is 11.4. The van der Waals surface area contributed by atoms with Crippen molar-refractivity contribution in [2.45, 2.75) is 0 Å². The number of carbonyl (C=O) groups excluding carboxylic acids is 1. The van der Waals surface area contributed by atoms with Gasteiger partial charge in [-0.1, -0.05) is 18.7 Å². The van der Waals surface area contributed by atoms with E-state index in [1.165, 1.54) is 13.2 Å². The summed E-state index contributed by atoms with van der Waals surface area (Å²) in [7, 11) is 1.35. The van der Waals surface area contributed by atoms with Crippen LogP contribution in [0.5, 0.6) is 5.75 Å². The minimum atomic E-state index is -0.365. The number of hydrogen-bond donors (Lipinski definition) is 1. The molecule has 4 nitrogen and oxygen atoms in total. The van der Waals surface area contributed by atoms with Gasteiger partial charge in [0.25, 0.3) is 0 Å². The lowest BCUT2D eigenvalue weighted by Crippen LogP contribution is -2.02. The third-order valence-electron chi connectivity index (χ3n) is 2.65. The van der Waals surface area contributed by atoms with Crippen molar-refractivity contribution < 1.29 is 14.3 Å². The molecule has 0 spiro atoms. The van der Waals surface area contributed by atoms with E-state index in [1.54, 1.807) is 24.3 Å². The molecule has 0 radical (unpaired) electrons. The van der Waals surface area contributed by atoms with Crippen LogP contribution in [0.3, 0.4) is 0 Å². The van der Waals surface area contributed by atoms with Crippen molar-refractivity contribution in [3.05, 3.63) is 54.6 Å². The molecule has 0 bridgehead atoms. The molecule has 0 saturated heterocycles. The highest BCUT2D eigenvalue weighted by Gasteiger charge is 2.06. The Morgan fingerprint density at radius 2 is 1.89 bits per heavy atom. The molecule has 0 aromatic heterocycles. The summed E-state index contributed by atoms with van der Waals surface area (Å²) in [5.74, 6) is 0.185. The number of methoxy groups -OCH3 is 1. The van der Waals surface area contributed by atoms with E-state index in [0.717, 1.165) is 10.8 Å². The molecule has 0 atom stereocenters. The van der Waals surface area contributed by atoms with E-state index in [1.807, 2.05) is 12.1 Å². The smallest absolute Gasteiger partial charge is 0.337 e. The minimum Gasteiger partial charge on any atom is -0.465 e. The second-order valence-corrected chi connectivity index (χ2v) is 3.89. The Morgan fingerprint density at radius 3 is 2.58 bits per heavy atom. The fraction of sp³-hybridized carbons (Fsp3) is 0.0667. The SMILES string of the molecule is C=CC(=N)Oc1ccc2cc(C(=O)OC)ccc2c1. The lowest BCUT2D eigenvalue weighted by Gasteiger charge is -2.06. The molecular formula is C15H13NO3. The molecule has 0 fully saturated rings. The van der Waals surface area contributed by atoms with Gasteiger partial charge < -0.3 is 9.47 Å². The standard InChI is InChI=1S/C15H13NO3/c1-3-14(16)19-13-7-6-10-8-12(15(17)18-2)5-4-11(10)9-13/h3-9,16H,1H2,2H3. The zero-order valence-corrected chi connectivity index (χ0v) is 10.5. The van der Waals surface area contributed by atoms with Crippen LogP contribution in [-0.2, 0) is 4.74 Å². The van der Waals surface area contributed by atoms with Crippen molar-refractivity contribution in [1.82, 2.24) is 0 Å². The molecule has 0 amide bonds. The summed E-state index contributed by atoms with van der Waals surface area (Å²) in [5.41, 5.74) is 0.502. The van der Waals surface area contributed by atoms with Crippen LogP contribution >= 0.6 is 0 Å². The normalized spacial score (nSPS) is 9.95. The monoisotopic (exact) mass is 255 g/mol. The topological polar surface area (TPSA) is 59.4 Å². The number of ether oxygens (including phenoxy) is 2. The van der Waals surface area contributed by atoms with Gasteiger partial charge in [0.2, 0.25) is 5.90 Å². The molecule has 1 N–H and O–H groups in total. The van der Waals surface area contributed by atoms with E-state index in [4.69, 9.17) is 10.1 Å². The Labute approximate surface area is 110 Å². The summed E-state index contributed by atoms with van der Waals surface area (Å²) in [4.78, 5) is 11.4. The minimum absolute atomic E-state index is 0.00877. The van der Waals surface area contributed by atoms with Crippen LogP contribution in [0.1, 0.15) is 10.4 Å². The van der Waals surface area contributed by atoms with Gasteiger partial charge in [-0.15, -0.1) is 0 Å². The summed E-state index contributed by atoms with van der Waals surface area (Å²) in [5, 5.41) is 9.22. The zero-order valence-electron chi connectivity index (χ0n) is 10.5. The van der Waals surface area contributed by atoms with Gasteiger partial charge in [0, 0.05) is 0 Å². The molecule has 2 rings (SSSR count). The molecule has 96 valence electrons. The summed E-state index contributed by atoms with van der Waals surface area (Å²) < 4.78 is 9.92. The lowest BCUT2D eigenvalue weighted by molar-refractivity contribution is 0.0601. The van der Waals surface area contributed by atoms with Gasteiger partial charge >= 0.3 is 5.97 Å². The number of rotatable bonds is 3. The molecule has 19 heavy (non-hydrogen) atoms. The van der Waals surface area contributed by atoms with Crippen molar-refractivity contribution >= 4 is 22.6 Å². The fourth-order valence-electron chi connectivity index (χ4n) is 1.70. The van der Waals surface area contributed by atoms with E-state index >= 15 is 0 Å². The Kier molecular flexibility index (Phi) is 3.61. The quantitative estimate of drug-likeness (QED) is 0.520. The van der Waals surface area contributed by atoms with E-state index in [2.05, 4.69) is 11.3 Å². The van der Waals surface area contributed by atoms with Crippen molar-refractivity contribution in [3.63, 3.8) is 0 Å². The Bertz CT molecular complexity index is 661. The number of fused-ring (bicyclic) bond motifs is 1. The molecule has 0 heterocycles. The average molecular weight is 255 g/mol. The van der Waals surface area contributed by atoms with Gasteiger partial charge in [0.1, 0.15) is 5.75 Å². The van der Waals surface area contributed by atoms with Gasteiger partial charge in [-0.25, -0.2) is 4.79 Å². The van der Waals surface area contributed by atoms with Crippen molar-refractivity contribution in [2.24, 2.45) is 0 Å². The predicted octanol–water partition coefficient (Wildman–Crippen LogP) is 3.17. The first-order chi connectivity index (χ1) is 9.13. The highest BCUT2D eigenvalue weighted by molar-refractivity contribution is 5.96. The van der Waals surface area contributed by atoms with Crippen LogP contribution in [0.2, 0.25) is 0 Å². The molecule has 0 unspecified atom stereocenters. The average Bonchev–Trinajstić information content (AvgIpc) is 2.45. The summed E-state index contributed by atoms with van der Waals surface area (Å²) in [6, 6.07) is 10.6. The molecule has 0 aliphatic carbocycles. The molecule has 2 aromatic carbocycles. The fourth-order valence-corrected chi connectivity index (χ4v) is 1.70. The van der Waals surface area contributed by atoms with E-state index in [9.17, 15) is 4.79 Å². The Morgan fingerprint density at radius 1 is 1.21 bits per heavy atom. The summed E-state index contributed by atoms with van der Waals surface area (Å²) in [6.07, 6.45) is 1.32.